The fraction of sp³-hybridized carbons (Fsp3) is 0.333. The highest BCUT2D eigenvalue weighted by molar-refractivity contribution is 5.85. The zero-order valence-electron chi connectivity index (χ0n) is 9.55. The first kappa shape index (κ1) is 11.4. The lowest BCUT2D eigenvalue weighted by atomic mass is 10.1. The molecule has 1 saturated heterocycles. The van der Waals surface area contributed by atoms with Crippen LogP contribution < -0.4 is 5.43 Å². The summed E-state index contributed by atoms with van der Waals surface area (Å²) in [5.74, 6) is -0.0887. The van der Waals surface area contributed by atoms with Crippen LogP contribution in [0.3, 0.4) is 0 Å². The Bertz CT molecular complexity index is 419. The number of carbonyl (C=O) groups excluding carboxylic acids is 2. The molecule has 17 heavy (non-hydrogen) atoms. The number of hydrogen-bond acceptors (Lipinski definition) is 3. The molecule has 0 aliphatic carbocycles. The van der Waals surface area contributed by atoms with Gasteiger partial charge in [0.25, 0.3) is 0 Å². The molecular formula is C12H14N2O3. The van der Waals surface area contributed by atoms with E-state index in [0.717, 1.165) is 5.56 Å². The summed E-state index contributed by atoms with van der Waals surface area (Å²) in [5, 5.41) is 1.29. The molecule has 1 fully saturated rings. The Labute approximate surface area is 99.3 Å². The highest BCUT2D eigenvalue weighted by Gasteiger charge is 2.34. The van der Waals surface area contributed by atoms with Crippen LogP contribution >= 0.6 is 0 Å². The molecule has 1 aliphatic rings. The molecule has 5 nitrogen and oxygen atoms in total. The second-order valence-electron chi connectivity index (χ2n) is 3.99. The number of β-lactam (4-membered cyclic amide) rings is 1. The Balaban J connectivity index is 1.76. The van der Waals surface area contributed by atoms with Gasteiger partial charge in [-0.2, -0.15) is 0 Å². The van der Waals surface area contributed by atoms with Crippen LogP contribution in [-0.4, -0.2) is 23.1 Å². The van der Waals surface area contributed by atoms with E-state index in [0.29, 0.717) is 6.42 Å². The first-order valence-corrected chi connectivity index (χ1v) is 5.46. The average Bonchev–Trinajstić information content (AvgIpc) is 2.35. The topological polar surface area (TPSA) is 58.6 Å². The van der Waals surface area contributed by atoms with E-state index in [2.05, 4.69) is 5.43 Å². The van der Waals surface area contributed by atoms with Crippen molar-refractivity contribution in [3.63, 3.8) is 0 Å². The third kappa shape index (κ3) is 2.75. The van der Waals surface area contributed by atoms with Gasteiger partial charge in [0.2, 0.25) is 5.91 Å². The molecule has 1 N–H and O–H groups in total. The van der Waals surface area contributed by atoms with Crippen molar-refractivity contribution in [2.45, 2.75) is 26.0 Å². The number of nitrogens with one attached hydrogen (secondary N) is 1. The average molecular weight is 234 g/mol. The van der Waals surface area contributed by atoms with Crippen LogP contribution in [-0.2, 0) is 16.1 Å². The third-order valence-electron chi connectivity index (χ3n) is 2.60. The van der Waals surface area contributed by atoms with Gasteiger partial charge in [-0.1, -0.05) is 30.3 Å². The van der Waals surface area contributed by atoms with Gasteiger partial charge in [0.1, 0.15) is 6.61 Å². The molecule has 1 aromatic carbocycles. The Morgan fingerprint density at radius 1 is 1.47 bits per heavy atom. The Morgan fingerprint density at radius 3 is 2.76 bits per heavy atom. The van der Waals surface area contributed by atoms with Crippen molar-refractivity contribution in [1.29, 1.82) is 0 Å². The maximum atomic E-state index is 11.4. The number of hydrazine groups is 1. The molecular weight excluding hydrogens is 220 g/mol. The van der Waals surface area contributed by atoms with Crippen molar-refractivity contribution in [3.8, 4) is 0 Å². The molecule has 0 spiro atoms. The van der Waals surface area contributed by atoms with Crippen LogP contribution in [0.1, 0.15) is 18.9 Å². The van der Waals surface area contributed by atoms with Gasteiger partial charge in [-0.25, -0.2) is 15.2 Å². The number of hydrogen-bond donors (Lipinski definition) is 1. The molecule has 1 aliphatic heterocycles. The molecule has 0 bridgehead atoms. The fourth-order valence-electron chi connectivity index (χ4n) is 1.60. The highest BCUT2D eigenvalue weighted by atomic mass is 16.6. The molecule has 2 rings (SSSR count). The third-order valence-corrected chi connectivity index (χ3v) is 2.60. The molecule has 5 heteroatoms. The number of ether oxygens (including phenoxy) is 1. The van der Waals surface area contributed by atoms with E-state index in [1.165, 1.54) is 5.01 Å². The number of carbonyl (C=O) groups is 2. The standard InChI is InChI=1S/C12H14N2O3/c1-9-7-11(15)14(9)13-12(16)17-8-10-5-3-2-4-6-10/h2-6,9H,7-8H2,1H3,(H,13,16). The number of benzene rings is 1. The van der Waals surface area contributed by atoms with Crippen molar-refractivity contribution in [2.75, 3.05) is 0 Å². The smallest absolute Gasteiger partial charge is 0.426 e. The van der Waals surface area contributed by atoms with Gasteiger partial charge in [-0.15, -0.1) is 0 Å². The SMILES string of the molecule is CC1CC(=O)N1NC(=O)OCc1ccccc1. The van der Waals surface area contributed by atoms with E-state index in [1.807, 2.05) is 37.3 Å². The summed E-state index contributed by atoms with van der Waals surface area (Å²) in [4.78, 5) is 22.5. The molecule has 1 heterocycles. The zero-order chi connectivity index (χ0) is 12.3. The van der Waals surface area contributed by atoms with Crippen molar-refractivity contribution < 1.29 is 14.3 Å². The molecule has 0 saturated carbocycles. The van der Waals surface area contributed by atoms with Gasteiger partial charge in [-0.05, 0) is 12.5 Å². The number of nitrogens with zero attached hydrogens (tertiary/aromatic N) is 1. The maximum Gasteiger partial charge on any atom is 0.426 e. The maximum absolute atomic E-state index is 11.4. The summed E-state index contributed by atoms with van der Waals surface area (Å²) >= 11 is 0. The van der Waals surface area contributed by atoms with Crippen molar-refractivity contribution in [1.82, 2.24) is 10.4 Å². The molecule has 1 aromatic rings. The summed E-state index contributed by atoms with van der Waals surface area (Å²) in [6.45, 7) is 2.06. The van der Waals surface area contributed by atoms with Gasteiger partial charge in [0.05, 0.1) is 12.5 Å². The number of amides is 2. The quantitative estimate of drug-likeness (QED) is 0.805. The first-order chi connectivity index (χ1) is 8.16. The Kier molecular flexibility index (Phi) is 3.27. The summed E-state index contributed by atoms with van der Waals surface area (Å²) in [5.41, 5.74) is 3.32. The number of rotatable bonds is 3. The molecule has 90 valence electrons. The minimum absolute atomic E-state index is 0.0479. The Hall–Kier alpha value is -2.04. The zero-order valence-corrected chi connectivity index (χ0v) is 9.55. The summed E-state index contributed by atoms with van der Waals surface area (Å²) in [6.07, 6.45) is -0.132. The summed E-state index contributed by atoms with van der Waals surface area (Å²) in [7, 11) is 0. The van der Waals surface area contributed by atoms with E-state index in [-0.39, 0.29) is 18.6 Å². The lowest BCUT2D eigenvalue weighted by Gasteiger charge is -2.37. The largest absolute Gasteiger partial charge is 0.443 e. The second kappa shape index (κ2) is 4.86. The molecule has 0 radical (unpaired) electrons. The van der Waals surface area contributed by atoms with Crippen molar-refractivity contribution in [3.05, 3.63) is 35.9 Å². The van der Waals surface area contributed by atoms with E-state index >= 15 is 0 Å². The molecule has 2 amide bonds. The lowest BCUT2D eigenvalue weighted by molar-refractivity contribution is -0.149. The van der Waals surface area contributed by atoms with Gasteiger partial charge >= 0.3 is 6.09 Å². The van der Waals surface area contributed by atoms with Crippen molar-refractivity contribution >= 4 is 12.0 Å². The van der Waals surface area contributed by atoms with Gasteiger partial charge < -0.3 is 4.74 Å². The monoisotopic (exact) mass is 234 g/mol. The van der Waals surface area contributed by atoms with E-state index in [1.54, 1.807) is 0 Å². The Morgan fingerprint density at radius 2 is 2.18 bits per heavy atom. The normalized spacial score (nSPS) is 18.5. The van der Waals surface area contributed by atoms with Gasteiger partial charge in [0, 0.05) is 0 Å². The predicted molar refractivity (Wildman–Crippen MR) is 60.7 cm³/mol. The van der Waals surface area contributed by atoms with E-state index in [9.17, 15) is 9.59 Å². The fourth-order valence-corrected chi connectivity index (χ4v) is 1.60. The lowest BCUT2D eigenvalue weighted by Crippen LogP contribution is -2.59. The van der Waals surface area contributed by atoms with Crippen LogP contribution in [0.15, 0.2) is 30.3 Å². The predicted octanol–water partition coefficient (Wildman–Crippen LogP) is 1.45. The minimum Gasteiger partial charge on any atom is -0.443 e. The highest BCUT2D eigenvalue weighted by Crippen LogP contribution is 2.15. The second-order valence-corrected chi connectivity index (χ2v) is 3.99. The van der Waals surface area contributed by atoms with Crippen molar-refractivity contribution in [2.24, 2.45) is 0 Å². The van der Waals surface area contributed by atoms with Crippen LogP contribution in [0, 0.1) is 0 Å². The van der Waals surface area contributed by atoms with E-state index < -0.39 is 6.09 Å². The molecule has 1 unspecified atom stereocenters. The van der Waals surface area contributed by atoms with Gasteiger partial charge in [0.15, 0.2) is 0 Å². The molecule has 0 aromatic heterocycles. The van der Waals surface area contributed by atoms with Gasteiger partial charge in [-0.3, -0.25) is 4.79 Å². The van der Waals surface area contributed by atoms with Crippen LogP contribution in [0.25, 0.3) is 0 Å². The summed E-state index contributed by atoms with van der Waals surface area (Å²) < 4.78 is 4.99. The van der Waals surface area contributed by atoms with E-state index in [4.69, 9.17) is 4.74 Å². The summed E-state index contributed by atoms with van der Waals surface area (Å²) in [6, 6.07) is 9.42. The first-order valence-electron chi connectivity index (χ1n) is 5.46. The molecule has 1 atom stereocenters. The van der Waals surface area contributed by atoms with Crippen LogP contribution in [0.5, 0.6) is 0 Å². The van der Waals surface area contributed by atoms with Crippen LogP contribution in [0.2, 0.25) is 0 Å². The minimum atomic E-state index is -0.603. The van der Waals surface area contributed by atoms with Crippen LogP contribution in [0.4, 0.5) is 4.79 Å².